The van der Waals surface area contributed by atoms with E-state index >= 15 is 0 Å². The van der Waals surface area contributed by atoms with Crippen molar-refractivity contribution in [2.24, 2.45) is 0 Å². The Balaban J connectivity index is 2.76. The molecule has 1 aromatic carbocycles. The molecule has 1 aromatic rings. The van der Waals surface area contributed by atoms with Gasteiger partial charge in [0.1, 0.15) is 5.76 Å². The molecule has 4 nitrogen and oxygen atoms in total. The van der Waals surface area contributed by atoms with Crippen LogP contribution in [0.3, 0.4) is 0 Å². The van der Waals surface area contributed by atoms with E-state index < -0.39 is 11.8 Å². The molecule has 0 aliphatic carbocycles. The molecule has 1 rings (SSSR count). The molecule has 0 amide bonds. The summed E-state index contributed by atoms with van der Waals surface area (Å²) in [6, 6.07) is 6.40. The first-order valence-electron chi connectivity index (χ1n) is 4.61. The number of hydrogen-bond donors (Lipinski definition) is 2. The van der Waals surface area contributed by atoms with E-state index in [1.54, 1.807) is 24.3 Å². The van der Waals surface area contributed by atoms with Crippen LogP contribution < -0.4 is 0 Å². The highest BCUT2D eigenvalue weighted by molar-refractivity contribution is 6.37. The maximum atomic E-state index is 10.7. The first kappa shape index (κ1) is 13.0. The highest BCUT2D eigenvalue weighted by Gasteiger charge is 2.04. The molecule has 17 heavy (non-hydrogen) atoms. The second-order valence-electron chi connectivity index (χ2n) is 3.09. The van der Waals surface area contributed by atoms with Crippen molar-refractivity contribution in [3.05, 3.63) is 53.1 Å². The average Bonchev–Trinajstić information content (AvgIpc) is 2.29. The maximum absolute atomic E-state index is 10.7. The molecule has 0 fully saturated rings. The minimum absolute atomic E-state index is 0.0869. The van der Waals surface area contributed by atoms with Crippen LogP contribution >= 0.6 is 11.6 Å². The molecule has 88 valence electrons. The number of carboxylic acid groups (broad SMARTS) is 1. The van der Waals surface area contributed by atoms with Crippen molar-refractivity contribution in [3.63, 3.8) is 0 Å². The Bertz CT molecular complexity index is 486. The van der Waals surface area contributed by atoms with Gasteiger partial charge in [0.25, 0.3) is 5.78 Å². The van der Waals surface area contributed by atoms with E-state index in [1.165, 1.54) is 12.2 Å². The lowest BCUT2D eigenvalue weighted by Gasteiger charge is -1.98. The monoisotopic (exact) mass is 252 g/mol. The zero-order valence-electron chi connectivity index (χ0n) is 8.63. The number of carboxylic acids is 1. The summed E-state index contributed by atoms with van der Waals surface area (Å²) < 4.78 is 0. The molecule has 0 radical (unpaired) electrons. The van der Waals surface area contributed by atoms with Gasteiger partial charge in [-0.1, -0.05) is 17.7 Å². The van der Waals surface area contributed by atoms with Crippen LogP contribution in [-0.4, -0.2) is 22.0 Å². The van der Waals surface area contributed by atoms with Crippen LogP contribution in [0.2, 0.25) is 5.02 Å². The van der Waals surface area contributed by atoms with Crippen LogP contribution in [0.4, 0.5) is 0 Å². The van der Waals surface area contributed by atoms with Crippen molar-refractivity contribution >= 4 is 29.1 Å². The first-order valence-corrected chi connectivity index (χ1v) is 4.99. The van der Waals surface area contributed by atoms with E-state index in [2.05, 4.69) is 0 Å². The molecule has 0 aliphatic heterocycles. The van der Waals surface area contributed by atoms with Crippen LogP contribution in [0.25, 0.3) is 5.76 Å². The summed E-state index contributed by atoms with van der Waals surface area (Å²) in [6.45, 7) is 0. The van der Waals surface area contributed by atoms with E-state index in [0.29, 0.717) is 10.6 Å². The van der Waals surface area contributed by atoms with E-state index in [9.17, 15) is 14.7 Å². The Labute approximate surface area is 102 Å². The number of aliphatic hydroxyl groups excluding tert-OH is 1. The van der Waals surface area contributed by atoms with Crippen molar-refractivity contribution < 1.29 is 19.8 Å². The molecule has 0 heterocycles. The Hall–Kier alpha value is -2.07. The van der Waals surface area contributed by atoms with Crippen LogP contribution in [0, 0.1) is 0 Å². The van der Waals surface area contributed by atoms with E-state index in [0.717, 1.165) is 6.08 Å². The Morgan fingerprint density at radius 1 is 1.12 bits per heavy atom. The van der Waals surface area contributed by atoms with Gasteiger partial charge in [-0.05, 0) is 36.4 Å². The van der Waals surface area contributed by atoms with E-state index in [4.69, 9.17) is 16.7 Å². The lowest BCUT2D eigenvalue weighted by atomic mass is 10.2. The molecule has 0 bridgehead atoms. The van der Waals surface area contributed by atoms with Crippen LogP contribution in [-0.2, 0) is 9.59 Å². The summed E-state index contributed by atoms with van der Waals surface area (Å²) >= 11 is 5.67. The SMILES string of the molecule is O=C(O)C(=O)C=CC=C(O)c1ccc(Cl)cc1. The number of allylic oxidation sites excluding steroid dienone is 2. The van der Waals surface area contributed by atoms with E-state index in [1.807, 2.05) is 0 Å². The summed E-state index contributed by atoms with van der Waals surface area (Å²) in [5, 5.41) is 18.4. The number of hydrogen-bond acceptors (Lipinski definition) is 3. The lowest BCUT2D eigenvalue weighted by molar-refractivity contribution is -0.146. The third kappa shape index (κ3) is 4.12. The summed E-state index contributed by atoms with van der Waals surface area (Å²) in [5.74, 6) is -2.68. The van der Waals surface area contributed by atoms with Crippen LogP contribution in [0.1, 0.15) is 5.56 Å². The number of halogens is 1. The largest absolute Gasteiger partial charge is 0.507 e. The van der Waals surface area contributed by atoms with Gasteiger partial charge in [-0.3, -0.25) is 4.79 Å². The van der Waals surface area contributed by atoms with Crippen molar-refractivity contribution in [1.29, 1.82) is 0 Å². The number of carbonyl (C=O) groups excluding carboxylic acids is 1. The maximum Gasteiger partial charge on any atom is 0.376 e. The van der Waals surface area contributed by atoms with Gasteiger partial charge >= 0.3 is 5.97 Å². The minimum Gasteiger partial charge on any atom is -0.507 e. The van der Waals surface area contributed by atoms with Gasteiger partial charge in [-0.25, -0.2) is 4.79 Å². The van der Waals surface area contributed by atoms with Crippen molar-refractivity contribution in [1.82, 2.24) is 0 Å². The fraction of sp³-hybridized carbons (Fsp3) is 0. The predicted octanol–water partition coefficient (Wildman–Crippen LogP) is 2.45. The van der Waals surface area contributed by atoms with Gasteiger partial charge in [0.2, 0.25) is 0 Å². The number of ketones is 1. The second-order valence-corrected chi connectivity index (χ2v) is 3.52. The highest BCUT2D eigenvalue weighted by Crippen LogP contribution is 2.15. The van der Waals surface area contributed by atoms with Gasteiger partial charge < -0.3 is 10.2 Å². The zero-order valence-corrected chi connectivity index (χ0v) is 9.39. The van der Waals surface area contributed by atoms with Gasteiger partial charge in [0.15, 0.2) is 0 Å². The van der Waals surface area contributed by atoms with Crippen molar-refractivity contribution in [2.75, 3.05) is 0 Å². The first-order chi connectivity index (χ1) is 8.00. The molecular weight excluding hydrogens is 244 g/mol. The summed E-state index contributed by atoms with van der Waals surface area (Å²) in [6.07, 6.45) is 3.25. The molecule has 0 atom stereocenters. The summed E-state index contributed by atoms with van der Waals surface area (Å²) in [5.41, 5.74) is 0.516. The molecule has 0 aliphatic rings. The smallest absolute Gasteiger partial charge is 0.376 e. The van der Waals surface area contributed by atoms with Crippen LogP contribution in [0.15, 0.2) is 42.5 Å². The van der Waals surface area contributed by atoms with Gasteiger partial charge in [0, 0.05) is 10.6 Å². The Morgan fingerprint density at radius 2 is 1.71 bits per heavy atom. The summed E-state index contributed by atoms with van der Waals surface area (Å²) in [7, 11) is 0. The van der Waals surface area contributed by atoms with Gasteiger partial charge in [0.05, 0.1) is 0 Å². The fourth-order valence-corrected chi connectivity index (χ4v) is 1.14. The van der Waals surface area contributed by atoms with Crippen molar-refractivity contribution in [3.8, 4) is 0 Å². The molecular formula is C12H9ClO4. The highest BCUT2D eigenvalue weighted by atomic mass is 35.5. The molecule has 0 saturated heterocycles. The average molecular weight is 253 g/mol. The van der Waals surface area contributed by atoms with Gasteiger partial charge in [-0.2, -0.15) is 0 Å². The Morgan fingerprint density at radius 3 is 2.24 bits per heavy atom. The number of rotatable bonds is 4. The fourth-order valence-electron chi connectivity index (χ4n) is 1.01. The minimum atomic E-state index is -1.54. The predicted molar refractivity (Wildman–Crippen MR) is 63.8 cm³/mol. The van der Waals surface area contributed by atoms with Gasteiger partial charge in [-0.15, -0.1) is 0 Å². The third-order valence-corrected chi connectivity index (χ3v) is 2.10. The second kappa shape index (κ2) is 5.86. The molecule has 0 spiro atoms. The molecule has 0 saturated carbocycles. The standard InChI is InChI=1S/C12H9ClO4/c13-9-6-4-8(5-7-9)10(14)2-1-3-11(15)12(16)17/h1-7,14H,(H,16,17). The quantitative estimate of drug-likeness (QED) is 0.374. The number of aliphatic hydroxyl groups is 1. The Kier molecular flexibility index (Phi) is 4.48. The topological polar surface area (TPSA) is 74.6 Å². The van der Waals surface area contributed by atoms with Crippen molar-refractivity contribution in [2.45, 2.75) is 0 Å². The summed E-state index contributed by atoms with van der Waals surface area (Å²) in [4.78, 5) is 20.9. The lowest BCUT2D eigenvalue weighted by Crippen LogP contribution is -2.08. The molecule has 5 heteroatoms. The number of carbonyl (C=O) groups is 2. The zero-order chi connectivity index (χ0) is 12.8. The molecule has 2 N–H and O–H groups in total. The normalized spacial score (nSPS) is 11.7. The number of benzene rings is 1. The third-order valence-electron chi connectivity index (χ3n) is 1.85. The number of aliphatic carboxylic acids is 1. The van der Waals surface area contributed by atoms with E-state index in [-0.39, 0.29) is 5.76 Å². The molecule has 0 unspecified atom stereocenters. The van der Waals surface area contributed by atoms with Crippen LogP contribution in [0.5, 0.6) is 0 Å². The molecule has 0 aromatic heterocycles.